The number of benzene rings is 3. The Labute approximate surface area is 207 Å². The fourth-order valence-electron chi connectivity index (χ4n) is 4.41. The number of halogens is 1. The quantitative estimate of drug-likeness (QED) is 0.340. The third-order valence-corrected chi connectivity index (χ3v) is 8.02. The van der Waals surface area contributed by atoms with Gasteiger partial charge in [-0.1, -0.05) is 30.3 Å². The molecule has 172 valence electrons. The Balaban J connectivity index is 1.45. The fourth-order valence-corrected chi connectivity index (χ4v) is 5.76. The average Bonchev–Trinajstić information content (AvgIpc) is 3.04. The van der Waals surface area contributed by atoms with Crippen molar-refractivity contribution in [1.82, 2.24) is 9.88 Å². The summed E-state index contributed by atoms with van der Waals surface area (Å²) < 4.78 is 24.2. The fraction of sp³-hybridized carbons (Fsp3) is 0.185. The summed E-state index contributed by atoms with van der Waals surface area (Å²) in [5, 5.41) is 1.09. The molecule has 0 radical (unpaired) electrons. The molecular weight excluding hydrogens is 512 g/mol. The van der Waals surface area contributed by atoms with Crippen LogP contribution in [0.25, 0.3) is 22.0 Å². The molecule has 7 heteroatoms. The molecule has 0 fully saturated rings. The van der Waals surface area contributed by atoms with Gasteiger partial charge in [0, 0.05) is 41.0 Å². The predicted octanol–water partition coefficient (Wildman–Crippen LogP) is 5.66. The monoisotopic (exact) mass is 534 g/mol. The lowest BCUT2D eigenvalue weighted by molar-refractivity contribution is 0.0745. The molecule has 1 aromatic heterocycles. The van der Waals surface area contributed by atoms with Gasteiger partial charge in [-0.3, -0.25) is 9.78 Å². The number of fused-ring (bicyclic) bond motifs is 2. The van der Waals surface area contributed by atoms with Crippen LogP contribution < -0.4 is 0 Å². The number of carbonyl (C=O) groups excluding carboxylic acids is 1. The minimum atomic E-state index is -3.34. The maximum atomic E-state index is 13.4. The van der Waals surface area contributed by atoms with E-state index in [9.17, 15) is 13.2 Å². The van der Waals surface area contributed by atoms with E-state index in [0.717, 1.165) is 46.7 Å². The van der Waals surface area contributed by atoms with Crippen molar-refractivity contribution in [3.8, 4) is 11.1 Å². The average molecular weight is 535 g/mol. The van der Waals surface area contributed by atoms with Gasteiger partial charge in [-0.2, -0.15) is 0 Å². The number of hydrogen-bond donors (Lipinski definition) is 0. The summed E-state index contributed by atoms with van der Waals surface area (Å²) in [7, 11) is -3.34. The van der Waals surface area contributed by atoms with Crippen molar-refractivity contribution >= 4 is 42.6 Å². The van der Waals surface area contributed by atoms with Gasteiger partial charge in [0.1, 0.15) is 0 Å². The summed E-state index contributed by atoms with van der Waals surface area (Å²) in [6, 6.07) is 21.2. The van der Waals surface area contributed by atoms with Crippen LogP contribution in [-0.2, 0) is 22.8 Å². The van der Waals surface area contributed by atoms with Gasteiger partial charge < -0.3 is 4.90 Å². The maximum Gasteiger partial charge on any atom is 0.255 e. The van der Waals surface area contributed by atoms with Crippen LogP contribution in [0.2, 0.25) is 0 Å². The molecule has 0 saturated heterocycles. The van der Waals surface area contributed by atoms with E-state index in [1.165, 1.54) is 17.7 Å². The molecule has 3 aromatic carbocycles. The summed E-state index contributed by atoms with van der Waals surface area (Å²) in [6.45, 7) is 1.14. The van der Waals surface area contributed by atoms with E-state index < -0.39 is 9.84 Å². The first-order valence-electron chi connectivity index (χ1n) is 11.1. The summed E-state index contributed by atoms with van der Waals surface area (Å²) in [5.41, 5.74) is 5.92. The SMILES string of the molecule is CS(=O)(=O)c1ccc(C(=O)N2CCCc3ccc(-c4cnc5ccccc5c4)cc3C2)c(Br)c1. The van der Waals surface area contributed by atoms with Crippen LogP contribution >= 0.6 is 15.9 Å². The van der Waals surface area contributed by atoms with E-state index in [4.69, 9.17) is 0 Å². The number of aryl methyl sites for hydroxylation is 1. The van der Waals surface area contributed by atoms with Crippen molar-refractivity contribution < 1.29 is 13.2 Å². The number of nitrogens with zero attached hydrogens (tertiary/aromatic N) is 2. The first-order chi connectivity index (χ1) is 16.3. The second kappa shape index (κ2) is 8.96. The Kier molecular flexibility index (Phi) is 6.00. The van der Waals surface area contributed by atoms with E-state index in [2.05, 4.69) is 51.2 Å². The minimum Gasteiger partial charge on any atom is -0.334 e. The topological polar surface area (TPSA) is 67.3 Å². The van der Waals surface area contributed by atoms with E-state index in [0.29, 0.717) is 23.1 Å². The first-order valence-corrected chi connectivity index (χ1v) is 13.7. The molecule has 0 bridgehead atoms. The van der Waals surface area contributed by atoms with E-state index in [-0.39, 0.29) is 10.8 Å². The summed E-state index contributed by atoms with van der Waals surface area (Å²) in [5.74, 6) is -0.113. The maximum absolute atomic E-state index is 13.4. The van der Waals surface area contributed by atoms with Gasteiger partial charge >= 0.3 is 0 Å². The number of rotatable bonds is 3. The molecule has 1 aliphatic rings. The van der Waals surface area contributed by atoms with Gasteiger partial charge in [0.15, 0.2) is 9.84 Å². The highest BCUT2D eigenvalue weighted by atomic mass is 79.9. The smallest absolute Gasteiger partial charge is 0.255 e. The van der Waals surface area contributed by atoms with Crippen molar-refractivity contribution in [1.29, 1.82) is 0 Å². The molecule has 4 aromatic rings. The van der Waals surface area contributed by atoms with Crippen molar-refractivity contribution in [2.24, 2.45) is 0 Å². The van der Waals surface area contributed by atoms with Gasteiger partial charge in [-0.15, -0.1) is 0 Å². The molecule has 5 nitrogen and oxygen atoms in total. The number of pyridine rings is 1. The highest BCUT2D eigenvalue weighted by Gasteiger charge is 2.23. The zero-order valence-electron chi connectivity index (χ0n) is 18.7. The first kappa shape index (κ1) is 22.7. The van der Waals surface area contributed by atoms with Crippen molar-refractivity contribution in [3.63, 3.8) is 0 Å². The highest BCUT2D eigenvalue weighted by Crippen LogP contribution is 2.29. The standard InChI is InChI=1S/C27H23BrN2O3S/c1-34(32,33)23-10-11-24(25(28)15-23)27(31)30-12-4-6-18-8-9-19(13-22(18)17-30)21-14-20-5-2-3-7-26(20)29-16-21/h2-3,5,7-11,13-16H,4,6,12,17H2,1H3. The van der Waals surface area contributed by atoms with Crippen molar-refractivity contribution in [2.45, 2.75) is 24.3 Å². The number of sulfone groups is 1. The number of hydrogen-bond acceptors (Lipinski definition) is 4. The molecule has 0 saturated carbocycles. The van der Waals surface area contributed by atoms with Crippen LogP contribution in [0.3, 0.4) is 0 Å². The van der Waals surface area contributed by atoms with Crippen LogP contribution in [0.15, 0.2) is 82.3 Å². The van der Waals surface area contributed by atoms with Crippen LogP contribution in [0.5, 0.6) is 0 Å². The third kappa shape index (κ3) is 4.50. The number of carbonyl (C=O) groups is 1. The van der Waals surface area contributed by atoms with Crippen molar-refractivity contribution in [2.75, 3.05) is 12.8 Å². The molecule has 1 amide bonds. The zero-order chi connectivity index (χ0) is 23.9. The van der Waals surface area contributed by atoms with E-state index in [1.807, 2.05) is 29.3 Å². The lowest BCUT2D eigenvalue weighted by Crippen LogP contribution is -2.31. The van der Waals surface area contributed by atoms with Gasteiger partial charge in [0.05, 0.1) is 16.0 Å². The Bertz CT molecular complexity index is 1530. The van der Waals surface area contributed by atoms with E-state index in [1.54, 1.807) is 6.07 Å². The number of amides is 1. The Hall–Kier alpha value is -3.03. The molecule has 0 N–H and O–H groups in total. The van der Waals surface area contributed by atoms with Crippen LogP contribution in [0, 0.1) is 0 Å². The van der Waals surface area contributed by atoms with E-state index >= 15 is 0 Å². The molecule has 0 aliphatic carbocycles. The molecule has 5 rings (SSSR count). The summed E-state index contributed by atoms with van der Waals surface area (Å²) >= 11 is 3.40. The summed E-state index contributed by atoms with van der Waals surface area (Å²) in [4.78, 5) is 20.0. The van der Waals surface area contributed by atoms with Crippen LogP contribution in [0.4, 0.5) is 0 Å². The minimum absolute atomic E-state index is 0.113. The van der Waals surface area contributed by atoms with Gasteiger partial charge in [0.25, 0.3) is 5.91 Å². The van der Waals surface area contributed by atoms with Crippen LogP contribution in [-0.4, -0.2) is 37.0 Å². The molecule has 0 spiro atoms. The molecule has 0 unspecified atom stereocenters. The largest absolute Gasteiger partial charge is 0.334 e. The van der Waals surface area contributed by atoms with Crippen LogP contribution in [0.1, 0.15) is 27.9 Å². The third-order valence-electron chi connectivity index (χ3n) is 6.25. The Morgan fingerprint density at radius 3 is 2.59 bits per heavy atom. The molecular formula is C27H23BrN2O3S. The molecule has 2 heterocycles. The molecule has 0 atom stereocenters. The predicted molar refractivity (Wildman–Crippen MR) is 137 cm³/mol. The van der Waals surface area contributed by atoms with Gasteiger partial charge in [0.2, 0.25) is 0 Å². The lowest BCUT2D eigenvalue weighted by atomic mass is 9.97. The Morgan fingerprint density at radius 2 is 1.79 bits per heavy atom. The lowest BCUT2D eigenvalue weighted by Gasteiger charge is -2.22. The van der Waals surface area contributed by atoms with Gasteiger partial charge in [-0.05, 0) is 81.9 Å². The Morgan fingerprint density at radius 1 is 0.971 bits per heavy atom. The molecule has 1 aliphatic heterocycles. The zero-order valence-corrected chi connectivity index (χ0v) is 21.1. The number of aromatic nitrogens is 1. The van der Waals surface area contributed by atoms with Gasteiger partial charge in [-0.25, -0.2) is 8.42 Å². The normalized spacial score (nSPS) is 14.0. The summed E-state index contributed by atoms with van der Waals surface area (Å²) in [6.07, 6.45) is 4.83. The van der Waals surface area contributed by atoms with Crippen molar-refractivity contribution in [3.05, 3.63) is 94.1 Å². The molecule has 34 heavy (non-hydrogen) atoms. The second-order valence-corrected chi connectivity index (χ2v) is 11.5. The number of para-hydroxylation sites is 1. The highest BCUT2D eigenvalue weighted by molar-refractivity contribution is 9.10. The second-order valence-electron chi connectivity index (χ2n) is 8.64.